The van der Waals surface area contributed by atoms with Crippen LogP contribution in [0.2, 0.25) is 0 Å². The Labute approximate surface area is 93.8 Å². The molecule has 0 aliphatic heterocycles. The van der Waals surface area contributed by atoms with Gasteiger partial charge in [0.25, 0.3) is 0 Å². The van der Waals surface area contributed by atoms with Crippen LogP contribution in [-0.2, 0) is 9.59 Å². The molecule has 5 heteroatoms. The van der Waals surface area contributed by atoms with Gasteiger partial charge in [-0.3, -0.25) is 4.79 Å². The van der Waals surface area contributed by atoms with E-state index in [1.165, 1.54) is 0 Å². The molecular weight excluding hydrogens is 214 g/mol. The van der Waals surface area contributed by atoms with Gasteiger partial charge in [-0.25, -0.2) is 4.79 Å². The SMILES string of the molecule is CSCCC(NC(=O)CC1CC1)C(=O)O. The van der Waals surface area contributed by atoms with Gasteiger partial charge in [-0.1, -0.05) is 0 Å². The summed E-state index contributed by atoms with van der Waals surface area (Å²) in [5.41, 5.74) is 0. The van der Waals surface area contributed by atoms with Crippen LogP contribution < -0.4 is 5.32 Å². The normalized spacial score (nSPS) is 17.1. The van der Waals surface area contributed by atoms with E-state index in [1.807, 2.05) is 6.26 Å². The van der Waals surface area contributed by atoms with E-state index < -0.39 is 12.0 Å². The van der Waals surface area contributed by atoms with Gasteiger partial charge in [0.1, 0.15) is 6.04 Å². The third-order valence-corrected chi connectivity index (χ3v) is 3.06. The van der Waals surface area contributed by atoms with Gasteiger partial charge in [-0.15, -0.1) is 0 Å². The van der Waals surface area contributed by atoms with Crippen molar-refractivity contribution in [1.29, 1.82) is 0 Å². The number of carboxylic acid groups (broad SMARTS) is 1. The number of carbonyl (C=O) groups excluding carboxylic acids is 1. The summed E-state index contributed by atoms with van der Waals surface area (Å²) in [4.78, 5) is 22.2. The summed E-state index contributed by atoms with van der Waals surface area (Å²) in [7, 11) is 0. The quantitative estimate of drug-likeness (QED) is 0.689. The maximum absolute atomic E-state index is 11.4. The summed E-state index contributed by atoms with van der Waals surface area (Å²) < 4.78 is 0. The zero-order valence-corrected chi connectivity index (χ0v) is 9.68. The molecule has 0 radical (unpaired) electrons. The van der Waals surface area contributed by atoms with Crippen LogP contribution in [0, 0.1) is 5.92 Å². The summed E-state index contributed by atoms with van der Waals surface area (Å²) in [6.45, 7) is 0. The molecule has 2 N–H and O–H groups in total. The lowest BCUT2D eigenvalue weighted by molar-refractivity contribution is -0.141. The second-order valence-corrected chi connectivity index (χ2v) is 4.87. The summed E-state index contributed by atoms with van der Waals surface area (Å²) in [5, 5.41) is 11.4. The molecule has 1 aliphatic rings. The number of rotatable bonds is 7. The zero-order valence-electron chi connectivity index (χ0n) is 8.86. The number of hydrogen-bond donors (Lipinski definition) is 2. The first-order valence-corrected chi connectivity index (χ1v) is 6.54. The number of nitrogens with one attached hydrogen (secondary N) is 1. The van der Waals surface area contributed by atoms with Crippen molar-refractivity contribution in [2.45, 2.75) is 31.7 Å². The van der Waals surface area contributed by atoms with Gasteiger partial charge in [-0.05, 0) is 37.2 Å². The van der Waals surface area contributed by atoms with Crippen molar-refractivity contribution in [3.05, 3.63) is 0 Å². The molecule has 1 fully saturated rings. The Bertz CT molecular complexity index is 241. The molecule has 1 unspecified atom stereocenters. The number of hydrogen-bond acceptors (Lipinski definition) is 3. The largest absolute Gasteiger partial charge is 0.480 e. The minimum absolute atomic E-state index is 0.119. The third-order valence-electron chi connectivity index (χ3n) is 2.41. The van der Waals surface area contributed by atoms with Crippen LogP contribution in [0.3, 0.4) is 0 Å². The molecule has 1 amide bonds. The third kappa shape index (κ3) is 5.06. The summed E-state index contributed by atoms with van der Waals surface area (Å²) in [6.07, 6.45) is 5.12. The Morgan fingerprint density at radius 3 is 2.67 bits per heavy atom. The van der Waals surface area contributed by atoms with Gasteiger partial charge in [0.05, 0.1) is 0 Å². The Hall–Kier alpha value is -0.710. The lowest BCUT2D eigenvalue weighted by Gasteiger charge is -2.13. The van der Waals surface area contributed by atoms with Crippen LogP contribution in [0.1, 0.15) is 25.7 Å². The van der Waals surface area contributed by atoms with Crippen LogP contribution in [0.5, 0.6) is 0 Å². The molecule has 4 nitrogen and oxygen atoms in total. The highest BCUT2D eigenvalue weighted by Gasteiger charge is 2.26. The molecule has 0 aromatic rings. The predicted octanol–water partition coefficient (Wildman–Crippen LogP) is 1.11. The summed E-state index contributed by atoms with van der Waals surface area (Å²) in [5.74, 6) is 0.194. The highest BCUT2D eigenvalue weighted by molar-refractivity contribution is 7.98. The summed E-state index contributed by atoms with van der Waals surface area (Å²) >= 11 is 1.59. The summed E-state index contributed by atoms with van der Waals surface area (Å²) in [6, 6.07) is -0.719. The molecular formula is C10H17NO3S. The number of aliphatic carboxylic acids is 1. The van der Waals surface area contributed by atoms with Crippen LogP contribution in [0.15, 0.2) is 0 Å². The Morgan fingerprint density at radius 1 is 1.53 bits per heavy atom. The average molecular weight is 231 g/mol. The molecule has 1 atom stereocenters. The molecule has 0 heterocycles. The minimum Gasteiger partial charge on any atom is -0.480 e. The minimum atomic E-state index is -0.937. The molecule has 0 spiro atoms. The average Bonchev–Trinajstić information content (AvgIpc) is 2.95. The molecule has 0 aromatic heterocycles. The molecule has 15 heavy (non-hydrogen) atoms. The second kappa shape index (κ2) is 6.00. The highest BCUT2D eigenvalue weighted by Crippen LogP contribution is 2.32. The van der Waals surface area contributed by atoms with E-state index in [2.05, 4.69) is 5.32 Å². The van der Waals surface area contributed by atoms with Crippen molar-refractivity contribution >= 4 is 23.6 Å². The standard InChI is InChI=1S/C10H17NO3S/c1-15-5-4-8(10(13)14)11-9(12)6-7-2-3-7/h7-8H,2-6H2,1H3,(H,11,12)(H,13,14). The Balaban J connectivity index is 2.28. The van der Waals surface area contributed by atoms with E-state index in [-0.39, 0.29) is 5.91 Å². The van der Waals surface area contributed by atoms with Crippen LogP contribution in [-0.4, -0.2) is 35.0 Å². The fourth-order valence-corrected chi connectivity index (χ4v) is 1.80. The van der Waals surface area contributed by atoms with Crippen LogP contribution in [0.25, 0.3) is 0 Å². The second-order valence-electron chi connectivity index (χ2n) is 3.89. The predicted molar refractivity (Wildman–Crippen MR) is 59.9 cm³/mol. The first kappa shape index (κ1) is 12.4. The van der Waals surface area contributed by atoms with E-state index in [1.54, 1.807) is 11.8 Å². The first-order valence-electron chi connectivity index (χ1n) is 5.14. The van der Waals surface area contributed by atoms with Crippen molar-refractivity contribution in [3.63, 3.8) is 0 Å². The van der Waals surface area contributed by atoms with Crippen molar-refractivity contribution in [3.8, 4) is 0 Å². The number of thioether (sulfide) groups is 1. The lowest BCUT2D eigenvalue weighted by atomic mass is 10.2. The smallest absolute Gasteiger partial charge is 0.326 e. The van der Waals surface area contributed by atoms with Crippen LogP contribution in [0.4, 0.5) is 0 Å². The Kier molecular flexibility index (Phi) is 4.94. The van der Waals surface area contributed by atoms with Gasteiger partial charge < -0.3 is 10.4 Å². The molecule has 0 saturated heterocycles. The highest BCUT2D eigenvalue weighted by atomic mass is 32.2. The number of carboxylic acids is 1. The van der Waals surface area contributed by atoms with E-state index in [0.29, 0.717) is 18.8 Å². The monoisotopic (exact) mass is 231 g/mol. The van der Waals surface area contributed by atoms with Crippen LogP contribution >= 0.6 is 11.8 Å². The van der Waals surface area contributed by atoms with Gasteiger partial charge in [0, 0.05) is 6.42 Å². The van der Waals surface area contributed by atoms with Crippen molar-refractivity contribution in [2.75, 3.05) is 12.0 Å². The topological polar surface area (TPSA) is 66.4 Å². The number of amides is 1. The van der Waals surface area contributed by atoms with Gasteiger partial charge in [0.15, 0.2) is 0 Å². The molecule has 1 aliphatic carbocycles. The van der Waals surface area contributed by atoms with E-state index in [9.17, 15) is 9.59 Å². The molecule has 1 saturated carbocycles. The van der Waals surface area contributed by atoms with Gasteiger partial charge >= 0.3 is 5.97 Å². The molecule has 0 bridgehead atoms. The zero-order chi connectivity index (χ0) is 11.3. The first-order chi connectivity index (χ1) is 7.13. The van der Waals surface area contributed by atoms with E-state index in [0.717, 1.165) is 18.6 Å². The maximum atomic E-state index is 11.4. The lowest BCUT2D eigenvalue weighted by Crippen LogP contribution is -2.41. The molecule has 1 rings (SSSR count). The maximum Gasteiger partial charge on any atom is 0.326 e. The van der Waals surface area contributed by atoms with Gasteiger partial charge in [0.2, 0.25) is 5.91 Å². The molecule has 0 aromatic carbocycles. The van der Waals surface area contributed by atoms with E-state index in [4.69, 9.17) is 5.11 Å². The number of carbonyl (C=O) groups is 2. The Morgan fingerprint density at radius 2 is 2.20 bits per heavy atom. The molecule has 86 valence electrons. The van der Waals surface area contributed by atoms with Crippen molar-refractivity contribution < 1.29 is 14.7 Å². The fourth-order valence-electron chi connectivity index (χ4n) is 1.33. The van der Waals surface area contributed by atoms with Crippen molar-refractivity contribution in [2.24, 2.45) is 5.92 Å². The van der Waals surface area contributed by atoms with E-state index >= 15 is 0 Å². The van der Waals surface area contributed by atoms with Gasteiger partial charge in [-0.2, -0.15) is 11.8 Å². The van der Waals surface area contributed by atoms with Crippen molar-refractivity contribution in [1.82, 2.24) is 5.32 Å². The fraction of sp³-hybridized carbons (Fsp3) is 0.800.